The number of hydrogen-bond acceptors (Lipinski definition) is 9. The van der Waals surface area contributed by atoms with E-state index in [0.717, 1.165) is 5.56 Å². The number of carbonyl (C=O) groups is 3. The van der Waals surface area contributed by atoms with Crippen LogP contribution in [0.15, 0.2) is 53.5 Å². The molecule has 2 aromatic carbocycles. The summed E-state index contributed by atoms with van der Waals surface area (Å²) < 4.78 is 0. The van der Waals surface area contributed by atoms with Crippen LogP contribution in [0.5, 0.6) is 5.75 Å². The van der Waals surface area contributed by atoms with Crippen LogP contribution in [0.2, 0.25) is 0 Å². The van der Waals surface area contributed by atoms with Crippen LogP contribution in [0.1, 0.15) is 40.7 Å². The highest BCUT2D eigenvalue weighted by atomic mass is 16.3. The number of nitrogens with zero attached hydrogens (tertiary/aromatic N) is 2. The van der Waals surface area contributed by atoms with Crippen molar-refractivity contribution in [3.8, 4) is 16.9 Å². The molecule has 0 spiro atoms. The van der Waals surface area contributed by atoms with Crippen molar-refractivity contribution in [2.75, 3.05) is 33.1 Å². The lowest BCUT2D eigenvalue weighted by Crippen LogP contribution is -2.37. The Balaban J connectivity index is 2.28. The molecule has 0 aliphatic heterocycles. The van der Waals surface area contributed by atoms with Gasteiger partial charge in [0.2, 0.25) is 5.78 Å². The number of ketones is 2. The van der Waals surface area contributed by atoms with E-state index in [9.17, 15) is 34.8 Å². The fourth-order valence-electron chi connectivity index (χ4n) is 4.94. The number of phenolic OH excluding ortho intramolecular Hbond substituents is 1. The number of fused-ring (bicyclic) bond motifs is 1. The van der Waals surface area contributed by atoms with E-state index in [1.165, 1.54) is 0 Å². The highest BCUT2D eigenvalue weighted by Gasteiger charge is 2.34. The van der Waals surface area contributed by atoms with Gasteiger partial charge < -0.3 is 31.1 Å². The van der Waals surface area contributed by atoms with Crippen molar-refractivity contribution < 1.29 is 34.8 Å². The van der Waals surface area contributed by atoms with Crippen LogP contribution in [-0.2, 0) is 16.0 Å². The van der Waals surface area contributed by atoms with Crippen LogP contribution in [0.4, 0.5) is 5.69 Å². The van der Waals surface area contributed by atoms with Gasteiger partial charge in [0.05, 0.1) is 11.6 Å². The number of nitrogens with two attached hydrogens (primary N) is 1. The highest BCUT2D eigenvalue weighted by molar-refractivity contribution is 6.21. The molecule has 0 fully saturated rings. The molecule has 0 aromatic heterocycles. The van der Waals surface area contributed by atoms with E-state index >= 15 is 0 Å². The Hall–Kier alpha value is -4.15. The molecule has 0 saturated carbocycles. The molecule has 214 valence electrons. The van der Waals surface area contributed by atoms with E-state index in [0.29, 0.717) is 54.1 Å². The molecule has 6 N–H and O–H groups in total. The number of Topliss-reactive ketones (excluding diaryl/α,β-unsaturated/α-hetero) is 1. The lowest BCUT2D eigenvalue weighted by molar-refractivity contribution is -0.126. The first-order valence-corrected chi connectivity index (χ1v) is 13.0. The molecule has 0 radical (unpaired) electrons. The largest absolute Gasteiger partial charge is 0.510 e. The zero-order valence-corrected chi connectivity index (χ0v) is 23.4. The summed E-state index contributed by atoms with van der Waals surface area (Å²) in [6.45, 7) is 1.93. The minimum atomic E-state index is -2.35. The summed E-state index contributed by atoms with van der Waals surface area (Å²) in [5.41, 5.74) is 7.76. The van der Waals surface area contributed by atoms with Crippen LogP contribution in [0.25, 0.3) is 11.1 Å². The molecule has 3 rings (SSSR count). The van der Waals surface area contributed by atoms with Gasteiger partial charge in [-0.1, -0.05) is 36.2 Å². The van der Waals surface area contributed by atoms with Gasteiger partial charge in [0.15, 0.2) is 11.9 Å². The molecular weight excluding hydrogens is 514 g/mol. The summed E-state index contributed by atoms with van der Waals surface area (Å²) in [6.07, 6.45) is 0.00942. The van der Waals surface area contributed by atoms with Crippen molar-refractivity contribution in [1.29, 1.82) is 0 Å². The quantitative estimate of drug-likeness (QED) is 0.359. The van der Waals surface area contributed by atoms with Crippen molar-refractivity contribution in [3.05, 3.63) is 70.2 Å². The number of aromatic hydroxyl groups is 1. The molecule has 1 aliphatic carbocycles. The number of amides is 1. The normalized spacial score (nSPS) is 22.3. The van der Waals surface area contributed by atoms with Crippen molar-refractivity contribution in [1.82, 2.24) is 4.90 Å². The van der Waals surface area contributed by atoms with Gasteiger partial charge in [-0.2, -0.15) is 0 Å². The summed E-state index contributed by atoms with van der Waals surface area (Å²) in [5.74, 6) is -5.44. The van der Waals surface area contributed by atoms with Crippen molar-refractivity contribution in [2.45, 2.75) is 44.8 Å². The predicted octanol–water partition coefficient (Wildman–Crippen LogP) is 2.94. The van der Waals surface area contributed by atoms with E-state index in [4.69, 9.17) is 5.73 Å². The summed E-state index contributed by atoms with van der Waals surface area (Å²) in [5, 5.41) is 43.5. The monoisotopic (exact) mass is 551 g/mol. The zero-order valence-electron chi connectivity index (χ0n) is 23.4. The maximum Gasteiger partial charge on any atom is 0.255 e. The summed E-state index contributed by atoms with van der Waals surface area (Å²) >= 11 is 0. The number of benzene rings is 2. The average molecular weight is 552 g/mol. The SMILES string of the molecule is Cc1ccc(-c2cc(N(C)C)c3c(c2O)C(=O)/C=C(\O)[C@H](O)C(=O)/C(C(N)=O)=C(/O)[C@@H](N(C)C)CCCC3)cc1. The molecule has 2 atom stereocenters. The first-order valence-electron chi connectivity index (χ1n) is 13.0. The van der Waals surface area contributed by atoms with Gasteiger partial charge in [-0.25, -0.2) is 0 Å². The van der Waals surface area contributed by atoms with Crippen LogP contribution >= 0.6 is 0 Å². The van der Waals surface area contributed by atoms with Crippen molar-refractivity contribution in [2.24, 2.45) is 5.73 Å². The number of aryl methyl sites for hydroxylation is 1. The summed E-state index contributed by atoms with van der Waals surface area (Å²) in [6, 6.07) is 8.43. The van der Waals surface area contributed by atoms with Gasteiger partial charge in [-0.15, -0.1) is 0 Å². The maximum absolute atomic E-state index is 13.6. The molecule has 10 heteroatoms. The van der Waals surface area contributed by atoms with Gasteiger partial charge in [0, 0.05) is 31.4 Å². The molecule has 0 heterocycles. The Morgan fingerprint density at radius 3 is 2.17 bits per heavy atom. The third-order valence-electron chi connectivity index (χ3n) is 7.12. The molecule has 10 nitrogen and oxygen atoms in total. The number of aliphatic hydroxyl groups excluding tert-OH is 3. The third-order valence-corrected chi connectivity index (χ3v) is 7.12. The van der Waals surface area contributed by atoms with Crippen LogP contribution < -0.4 is 10.6 Å². The molecule has 40 heavy (non-hydrogen) atoms. The number of rotatable bonds is 4. The predicted molar refractivity (Wildman–Crippen MR) is 153 cm³/mol. The minimum Gasteiger partial charge on any atom is -0.510 e. The second-order valence-corrected chi connectivity index (χ2v) is 10.5. The van der Waals surface area contributed by atoms with Crippen LogP contribution in [-0.4, -0.2) is 83.1 Å². The fraction of sp³-hybridized carbons (Fsp3) is 0.367. The topological polar surface area (TPSA) is 165 Å². The number of aliphatic hydroxyl groups is 3. The van der Waals surface area contributed by atoms with Crippen LogP contribution in [0, 0.1) is 6.92 Å². The maximum atomic E-state index is 13.6. The molecule has 1 amide bonds. The number of likely N-dealkylation sites (N-methyl/N-ethyl adjacent to an activating group) is 1. The second-order valence-electron chi connectivity index (χ2n) is 10.5. The molecule has 0 bridgehead atoms. The first-order chi connectivity index (χ1) is 18.8. The van der Waals surface area contributed by atoms with Crippen LogP contribution in [0.3, 0.4) is 0 Å². The Morgan fingerprint density at radius 2 is 1.62 bits per heavy atom. The van der Waals surface area contributed by atoms with Crippen molar-refractivity contribution in [3.63, 3.8) is 0 Å². The van der Waals surface area contributed by atoms with E-state index < -0.39 is 46.7 Å². The first kappa shape index (κ1) is 30.4. The summed E-state index contributed by atoms with van der Waals surface area (Å²) in [7, 11) is 6.94. The molecule has 0 saturated heterocycles. The van der Waals surface area contributed by atoms with E-state index in [1.54, 1.807) is 25.1 Å². The fourth-order valence-corrected chi connectivity index (χ4v) is 4.94. The molecule has 0 unspecified atom stereocenters. The molecular formula is C30H37N3O7. The summed E-state index contributed by atoms with van der Waals surface area (Å²) in [4.78, 5) is 42.2. The number of anilines is 1. The van der Waals surface area contributed by atoms with Gasteiger partial charge in [0.25, 0.3) is 5.91 Å². The van der Waals surface area contributed by atoms with Gasteiger partial charge in [-0.05, 0) is 57.5 Å². The number of primary amides is 1. The third kappa shape index (κ3) is 6.19. The Labute approximate surface area is 233 Å². The standard InChI is InChI=1S/C30H37N3O7/c1-16-10-12-17(13-11-16)19-14-21(33(4)5)18-8-6-7-9-20(32(2)3)27(37)25(30(31)40)29(39)28(38)23(35)15-22(34)24(18)26(19)36/h10-15,20,28,35-38H,6-9H2,1-5H3,(H2,31,40)/b23-15-,27-25-/t20-,28-/m0/s1. The van der Waals surface area contributed by atoms with Gasteiger partial charge >= 0.3 is 0 Å². The smallest absolute Gasteiger partial charge is 0.255 e. The van der Waals surface area contributed by atoms with Gasteiger partial charge in [0.1, 0.15) is 22.8 Å². The molecule has 1 aliphatic rings. The zero-order chi connectivity index (χ0) is 29.9. The number of hydrogen-bond donors (Lipinski definition) is 5. The highest BCUT2D eigenvalue weighted by Crippen LogP contribution is 2.41. The Morgan fingerprint density at radius 1 is 1.00 bits per heavy atom. The lowest BCUT2D eigenvalue weighted by Gasteiger charge is -2.26. The number of phenols is 1. The Bertz CT molecular complexity index is 1370. The lowest BCUT2D eigenvalue weighted by atomic mass is 9.88. The molecule has 2 aromatic rings. The number of carbonyl (C=O) groups excluding carboxylic acids is 3. The van der Waals surface area contributed by atoms with E-state index in [2.05, 4.69) is 0 Å². The Kier molecular flexibility index (Phi) is 9.39. The van der Waals surface area contributed by atoms with Crippen molar-refractivity contribution >= 4 is 23.2 Å². The second kappa shape index (κ2) is 12.4. The van der Waals surface area contributed by atoms with Gasteiger partial charge in [-0.3, -0.25) is 19.3 Å². The van der Waals surface area contributed by atoms with E-state index in [1.807, 2.05) is 50.2 Å². The number of allylic oxidation sites excluding steroid dienone is 1. The average Bonchev–Trinajstić information content (AvgIpc) is 2.87. The minimum absolute atomic E-state index is 0.0669. The van der Waals surface area contributed by atoms with E-state index in [-0.39, 0.29) is 11.3 Å².